The number of carbonyl (C=O) groups is 1. The zero-order valence-electron chi connectivity index (χ0n) is 12.9. The van der Waals surface area contributed by atoms with Gasteiger partial charge in [0.25, 0.3) is 0 Å². The summed E-state index contributed by atoms with van der Waals surface area (Å²) in [6.45, 7) is 0. The van der Waals surface area contributed by atoms with Crippen LogP contribution in [0.5, 0.6) is 0 Å². The van der Waals surface area contributed by atoms with Gasteiger partial charge in [-0.05, 0) is 35.1 Å². The monoisotopic (exact) mass is 329 g/mol. The van der Waals surface area contributed by atoms with Gasteiger partial charge in [-0.2, -0.15) is 0 Å². The molecule has 2 aromatic carbocycles. The van der Waals surface area contributed by atoms with Crippen LogP contribution < -0.4 is 5.32 Å². The molecule has 1 saturated carbocycles. The quantitative estimate of drug-likeness (QED) is 0.910. The minimum absolute atomic E-state index is 0.218. The van der Waals surface area contributed by atoms with E-state index in [9.17, 15) is 18.7 Å². The van der Waals surface area contributed by atoms with E-state index >= 15 is 0 Å². The van der Waals surface area contributed by atoms with Crippen LogP contribution in [0, 0.1) is 17.6 Å². The number of rotatable bonds is 3. The summed E-state index contributed by atoms with van der Waals surface area (Å²) in [5, 5.41) is 13.1. The van der Waals surface area contributed by atoms with Crippen molar-refractivity contribution in [1.82, 2.24) is 5.32 Å². The van der Waals surface area contributed by atoms with Gasteiger partial charge in [-0.15, -0.1) is 0 Å². The fraction of sp³-hybridized carbons (Fsp3) is 0.316. The number of hydrogen-bond acceptors (Lipinski definition) is 2. The minimum Gasteiger partial charge on any atom is -0.390 e. The first-order chi connectivity index (χ1) is 11.6. The smallest absolute Gasteiger partial charge is 0.224 e. The fourth-order valence-electron chi connectivity index (χ4n) is 3.64. The average Bonchev–Trinajstić information content (AvgIpc) is 3.30. The van der Waals surface area contributed by atoms with Crippen molar-refractivity contribution in [3.63, 3.8) is 0 Å². The first-order valence-corrected chi connectivity index (χ1v) is 8.06. The van der Waals surface area contributed by atoms with Crippen molar-refractivity contribution in [3.8, 4) is 0 Å². The zero-order chi connectivity index (χ0) is 16.8. The molecule has 0 bridgehead atoms. The van der Waals surface area contributed by atoms with Crippen LogP contribution in [-0.2, 0) is 11.2 Å². The lowest BCUT2D eigenvalue weighted by molar-refractivity contribution is -0.123. The van der Waals surface area contributed by atoms with Crippen molar-refractivity contribution >= 4 is 5.91 Å². The van der Waals surface area contributed by atoms with E-state index < -0.39 is 23.8 Å². The summed E-state index contributed by atoms with van der Waals surface area (Å²) in [6.07, 6.45) is 0.346. The third kappa shape index (κ3) is 2.49. The van der Waals surface area contributed by atoms with Gasteiger partial charge in [0.15, 0.2) is 11.6 Å². The number of amides is 1. The molecule has 0 aliphatic heterocycles. The Balaban J connectivity index is 1.48. The Kier molecular flexibility index (Phi) is 3.61. The minimum atomic E-state index is -0.890. The number of aliphatic hydroxyl groups excluding tert-OH is 1. The maximum atomic E-state index is 13.8. The molecule has 2 aliphatic rings. The van der Waals surface area contributed by atoms with Crippen LogP contribution in [0.2, 0.25) is 0 Å². The average molecular weight is 329 g/mol. The third-order valence-corrected chi connectivity index (χ3v) is 5.01. The van der Waals surface area contributed by atoms with Gasteiger partial charge in [-0.3, -0.25) is 4.79 Å². The Labute approximate surface area is 138 Å². The first kappa shape index (κ1) is 15.3. The molecule has 4 atom stereocenters. The van der Waals surface area contributed by atoms with Crippen molar-refractivity contribution < 1.29 is 18.7 Å². The highest BCUT2D eigenvalue weighted by Gasteiger charge is 2.47. The molecule has 2 N–H and O–H groups in total. The second kappa shape index (κ2) is 5.67. The Morgan fingerprint density at radius 1 is 1.08 bits per heavy atom. The number of fused-ring (bicyclic) bond motifs is 1. The van der Waals surface area contributed by atoms with E-state index in [0.29, 0.717) is 12.8 Å². The van der Waals surface area contributed by atoms with Gasteiger partial charge in [0.2, 0.25) is 5.91 Å². The molecule has 0 radical (unpaired) electrons. The van der Waals surface area contributed by atoms with Gasteiger partial charge in [0.1, 0.15) is 0 Å². The molecule has 3 nitrogen and oxygen atoms in total. The van der Waals surface area contributed by atoms with E-state index in [1.54, 1.807) is 0 Å². The van der Waals surface area contributed by atoms with E-state index in [1.807, 2.05) is 24.3 Å². The topological polar surface area (TPSA) is 49.3 Å². The van der Waals surface area contributed by atoms with Gasteiger partial charge in [0, 0.05) is 12.3 Å². The molecule has 2 aromatic rings. The Bertz CT molecular complexity index is 808. The largest absolute Gasteiger partial charge is 0.390 e. The highest BCUT2D eigenvalue weighted by atomic mass is 19.2. The number of hydrogen-bond donors (Lipinski definition) is 2. The molecule has 0 aromatic heterocycles. The van der Waals surface area contributed by atoms with E-state index in [1.165, 1.54) is 12.1 Å². The van der Waals surface area contributed by atoms with Crippen molar-refractivity contribution in [3.05, 3.63) is 70.8 Å². The molecular weight excluding hydrogens is 312 g/mol. The van der Waals surface area contributed by atoms with Gasteiger partial charge in [0.05, 0.1) is 12.1 Å². The molecule has 1 amide bonds. The van der Waals surface area contributed by atoms with Crippen LogP contribution in [-0.4, -0.2) is 17.1 Å². The van der Waals surface area contributed by atoms with Crippen molar-refractivity contribution in [2.75, 3.05) is 0 Å². The van der Waals surface area contributed by atoms with Crippen molar-refractivity contribution in [1.29, 1.82) is 0 Å². The standard InChI is InChI=1S/C19H17F2NO2/c20-15-7-3-6-12(17(15)21)13-9-14(13)19(24)22-18-11-5-2-1-4-10(11)8-16(18)23/h1-7,13-14,16,18,23H,8-9H2,(H,22,24)/t13?,14?,16-,18+/m1/s1. The van der Waals surface area contributed by atoms with E-state index in [2.05, 4.69) is 5.32 Å². The summed E-state index contributed by atoms with van der Waals surface area (Å²) in [6, 6.07) is 11.2. The van der Waals surface area contributed by atoms with Crippen LogP contribution in [0.1, 0.15) is 35.1 Å². The van der Waals surface area contributed by atoms with Crippen LogP contribution in [0.15, 0.2) is 42.5 Å². The van der Waals surface area contributed by atoms with Crippen LogP contribution in [0.25, 0.3) is 0 Å². The maximum absolute atomic E-state index is 13.8. The van der Waals surface area contributed by atoms with Gasteiger partial charge in [-0.25, -0.2) is 8.78 Å². The molecule has 4 rings (SSSR count). The van der Waals surface area contributed by atoms with E-state index in [0.717, 1.165) is 17.2 Å². The number of nitrogens with one attached hydrogen (secondary N) is 1. The molecule has 124 valence electrons. The van der Waals surface area contributed by atoms with E-state index in [-0.39, 0.29) is 23.3 Å². The highest BCUT2D eigenvalue weighted by Crippen LogP contribution is 2.49. The SMILES string of the molecule is O=C(N[C@H]1c2ccccc2C[C@H]1O)C1CC1c1cccc(F)c1F. The molecule has 0 spiro atoms. The van der Waals surface area contributed by atoms with Gasteiger partial charge >= 0.3 is 0 Å². The second-order valence-electron chi connectivity index (χ2n) is 6.55. The first-order valence-electron chi connectivity index (χ1n) is 8.06. The molecule has 24 heavy (non-hydrogen) atoms. The molecule has 0 saturated heterocycles. The summed E-state index contributed by atoms with van der Waals surface area (Å²) in [7, 11) is 0. The maximum Gasteiger partial charge on any atom is 0.224 e. The number of benzene rings is 2. The third-order valence-electron chi connectivity index (χ3n) is 5.01. The van der Waals surface area contributed by atoms with Crippen molar-refractivity contribution in [2.24, 2.45) is 5.92 Å². The van der Waals surface area contributed by atoms with Crippen LogP contribution >= 0.6 is 0 Å². The predicted octanol–water partition coefficient (Wildman–Crippen LogP) is 2.84. The number of carbonyl (C=O) groups excluding carboxylic acids is 1. The Hall–Kier alpha value is -2.27. The molecule has 2 unspecified atom stereocenters. The lowest BCUT2D eigenvalue weighted by Gasteiger charge is -2.18. The van der Waals surface area contributed by atoms with E-state index in [4.69, 9.17) is 0 Å². The molecule has 1 fully saturated rings. The normalized spacial score (nSPS) is 27.6. The fourth-order valence-corrected chi connectivity index (χ4v) is 3.64. The Morgan fingerprint density at radius 3 is 2.67 bits per heavy atom. The Morgan fingerprint density at radius 2 is 1.83 bits per heavy atom. The summed E-state index contributed by atoms with van der Waals surface area (Å²) in [5.74, 6) is -2.65. The van der Waals surface area contributed by atoms with Crippen LogP contribution in [0.4, 0.5) is 8.78 Å². The number of aliphatic hydroxyl groups is 1. The van der Waals surface area contributed by atoms with Crippen LogP contribution in [0.3, 0.4) is 0 Å². The zero-order valence-corrected chi connectivity index (χ0v) is 12.9. The lowest BCUT2D eigenvalue weighted by Crippen LogP contribution is -2.35. The van der Waals surface area contributed by atoms with Gasteiger partial charge in [-0.1, -0.05) is 36.4 Å². The highest BCUT2D eigenvalue weighted by molar-refractivity contribution is 5.83. The second-order valence-corrected chi connectivity index (χ2v) is 6.55. The lowest BCUT2D eigenvalue weighted by atomic mass is 10.1. The number of halogens is 2. The summed E-state index contributed by atoms with van der Waals surface area (Å²) < 4.78 is 27.2. The summed E-state index contributed by atoms with van der Waals surface area (Å²) in [4.78, 5) is 12.5. The molecule has 5 heteroatoms. The predicted molar refractivity (Wildman–Crippen MR) is 84.2 cm³/mol. The molecule has 0 heterocycles. The molecule has 2 aliphatic carbocycles. The van der Waals surface area contributed by atoms with Gasteiger partial charge < -0.3 is 10.4 Å². The van der Waals surface area contributed by atoms with Crippen molar-refractivity contribution in [2.45, 2.75) is 30.9 Å². The summed E-state index contributed by atoms with van der Waals surface area (Å²) in [5.41, 5.74) is 2.20. The molecular formula is C19H17F2NO2. The summed E-state index contributed by atoms with van der Waals surface area (Å²) >= 11 is 0.